The van der Waals surface area contributed by atoms with Crippen LogP contribution in [0, 0.1) is 0 Å². The van der Waals surface area contributed by atoms with Crippen molar-refractivity contribution in [3.8, 4) is 0 Å². The molecule has 3 rings (SSSR count). The molecule has 1 aromatic carbocycles. The third-order valence-electron chi connectivity index (χ3n) is 5.89. The Morgan fingerprint density at radius 3 is 2.67 bits per heavy atom. The van der Waals surface area contributed by atoms with E-state index < -0.39 is 0 Å². The van der Waals surface area contributed by atoms with Crippen molar-refractivity contribution in [2.45, 2.75) is 77.8 Å². The Morgan fingerprint density at radius 2 is 1.96 bits per heavy atom. The maximum atomic E-state index is 2.70. The lowest BCUT2D eigenvalue weighted by Gasteiger charge is -2.29. The van der Waals surface area contributed by atoms with Crippen LogP contribution in [-0.4, -0.2) is 29.6 Å². The van der Waals surface area contributed by atoms with Gasteiger partial charge in [0.25, 0.3) is 0 Å². The lowest BCUT2D eigenvalue weighted by atomic mass is 9.90. The van der Waals surface area contributed by atoms with Crippen molar-refractivity contribution in [2.24, 2.45) is 0 Å². The summed E-state index contributed by atoms with van der Waals surface area (Å²) in [5.74, 6) is 0. The van der Waals surface area contributed by atoms with Gasteiger partial charge in [-0.05, 0) is 57.3 Å². The van der Waals surface area contributed by atoms with Crippen LogP contribution in [0.25, 0.3) is 10.9 Å². The molecule has 0 fully saturated rings. The van der Waals surface area contributed by atoms with Gasteiger partial charge in [-0.15, -0.1) is 0 Å². The van der Waals surface area contributed by atoms with E-state index in [2.05, 4.69) is 55.6 Å². The number of unbranched alkanes of at least 4 members (excludes halogenated alkanes) is 3. The average molecular weight is 327 g/mol. The van der Waals surface area contributed by atoms with E-state index in [0.717, 1.165) is 6.42 Å². The van der Waals surface area contributed by atoms with Crippen molar-refractivity contribution in [3.63, 3.8) is 0 Å². The SMILES string of the molecule is CCCCCCn1c2c(c3cccc(CC)c31)CC(N(C)C)CC2. The molecule has 1 heterocycles. The molecule has 0 radical (unpaired) electrons. The smallest absolute Gasteiger partial charge is 0.0517 e. The summed E-state index contributed by atoms with van der Waals surface area (Å²) in [6.45, 7) is 5.80. The van der Waals surface area contributed by atoms with E-state index in [-0.39, 0.29) is 0 Å². The van der Waals surface area contributed by atoms with Crippen molar-refractivity contribution in [3.05, 3.63) is 35.0 Å². The van der Waals surface area contributed by atoms with Crippen LogP contribution in [0.5, 0.6) is 0 Å². The van der Waals surface area contributed by atoms with Crippen molar-refractivity contribution >= 4 is 10.9 Å². The molecule has 1 unspecified atom stereocenters. The topological polar surface area (TPSA) is 8.17 Å². The fourth-order valence-electron chi connectivity index (χ4n) is 4.43. The van der Waals surface area contributed by atoms with Crippen molar-refractivity contribution in [1.82, 2.24) is 9.47 Å². The number of benzene rings is 1. The Morgan fingerprint density at radius 1 is 1.12 bits per heavy atom. The van der Waals surface area contributed by atoms with Crippen LogP contribution >= 0.6 is 0 Å². The van der Waals surface area contributed by atoms with Crippen LogP contribution in [0.3, 0.4) is 0 Å². The fourth-order valence-corrected chi connectivity index (χ4v) is 4.43. The van der Waals surface area contributed by atoms with Crippen LogP contribution in [0.4, 0.5) is 0 Å². The van der Waals surface area contributed by atoms with Gasteiger partial charge in [-0.25, -0.2) is 0 Å². The number of aryl methyl sites for hydroxylation is 2. The van der Waals surface area contributed by atoms with Gasteiger partial charge in [-0.1, -0.05) is 51.3 Å². The predicted octanol–water partition coefficient (Wildman–Crippen LogP) is 5.20. The molecule has 2 nitrogen and oxygen atoms in total. The standard InChI is InChI=1S/C22H34N2/c1-5-7-8-9-15-24-21-14-13-18(23(3)4)16-20(21)19-12-10-11-17(6-2)22(19)24/h10-12,18H,5-9,13-16H2,1-4H3. The minimum Gasteiger partial charge on any atom is -0.344 e. The molecule has 1 aromatic heterocycles. The van der Waals surface area contributed by atoms with Crippen LogP contribution in [0.1, 0.15) is 62.8 Å². The van der Waals surface area contributed by atoms with Gasteiger partial charge in [0.1, 0.15) is 0 Å². The molecule has 2 heteroatoms. The molecule has 1 aliphatic carbocycles. The molecular weight excluding hydrogens is 292 g/mol. The molecule has 0 saturated carbocycles. The second kappa shape index (κ2) is 7.74. The maximum absolute atomic E-state index is 2.70. The normalized spacial score (nSPS) is 17.6. The first-order valence-corrected chi connectivity index (χ1v) is 9.95. The zero-order chi connectivity index (χ0) is 17.1. The van der Waals surface area contributed by atoms with Crippen LogP contribution in [-0.2, 0) is 25.8 Å². The number of likely N-dealkylation sites (N-methyl/N-ethyl adjacent to an activating group) is 1. The number of aromatic nitrogens is 1. The van der Waals surface area contributed by atoms with E-state index >= 15 is 0 Å². The van der Waals surface area contributed by atoms with Gasteiger partial charge >= 0.3 is 0 Å². The van der Waals surface area contributed by atoms with Crippen LogP contribution in [0.2, 0.25) is 0 Å². The Balaban J connectivity index is 2.02. The van der Waals surface area contributed by atoms with E-state index in [1.54, 1.807) is 16.8 Å². The maximum Gasteiger partial charge on any atom is 0.0517 e. The van der Waals surface area contributed by atoms with E-state index in [1.807, 2.05) is 0 Å². The number of rotatable bonds is 7. The molecule has 0 spiro atoms. The van der Waals surface area contributed by atoms with Gasteiger partial charge < -0.3 is 9.47 Å². The number of hydrogen-bond acceptors (Lipinski definition) is 1. The number of hydrogen-bond donors (Lipinski definition) is 0. The number of fused-ring (bicyclic) bond motifs is 3. The highest BCUT2D eigenvalue weighted by molar-refractivity contribution is 5.88. The first-order chi connectivity index (χ1) is 11.7. The zero-order valence-electron chi connectivity index (χ0n) is 16.1. The molecule has 0 N–H and O–H groups in total. The van der Waals surface area contributed by atoms with Gasteiger partial charge in [0, 0.05) is 23.7 Å². The highest BCUT2D eigenvalue weighted by Crippen LogP contribution is 2.35. The van der Waals surface area contributed by atoms with Gasteiger partial charge in [0.2, 0.25) is 0 Å². The average Bonchev–Trinajstić information content (AvgIpc) is 2.92. The summed E-state index contributed by atoms with van der Waals surface area (Å²) in [4.78, 5) is 2.41. The van der Waals surface area contributed by atoms with E-state index in [0.29, 0.717) is 6.04 Å². The molecular formula is C22H34N2. The second-order valence-corrected chi connectivity index (χ2v) is 7.66. The zero-order valence-corrected chi connectivity index (χ0v) is 16.1. The second-order valence-electron chi connectivity index (χ2n) is 7.66. The summed E-state index contributed by atoms with van der Waals surface area (Å²) in [6.07, 6.45) is 10.2. The third kappa shape index (κ3) is 3.26. The molecule has 24 heavy (non-hydrogen) atoms. The molecule has 2 aromatic rings. The van der Waals surface area contributed by atoms with Crippen LogP contribution < -0.4 is 0 Å². The van der Waals surface area contributed by atoms with E-state index in [9.17, 15) is 0 Å². The summed E-state index contributed by atoms with van der Waals surface area (Å²) < 4.78 is 2.70. The van der Waals surface area contributed by atoms with Crippen LogP contribution in [0.15, 0.2) is 18.2 Å². The molecule has 0 aliphatic heterocycles. The Kier molecular flexibility index (Phi) is 5.65. The predicted molar refractivity (Wildman–Crippen MR) is 105 cm³/mol. The quantitative estimate of drug-likeness (QED) is 0.635. The van der Waals surface area contributed by atoms with Crippen molar-refractivity contribution in [2.75, 3.05) is 14.1 Å². The Bertz CT molecular complexity index is 681. The van der Waals surface area contributed by atoms with E-state index in [1.165, 1.54) is 62.4 Å². The summed E-state index contributed by atoms with van der Waals surface area (Å²) >= 11 is 0. The minimum absolute atomic E-state index is 0.696. The van der Waals surface area contributed by atoms with Gasteiger partial charge in [-0.3, -0.25) is 0 Å². The summed E-state index contributed by atoms with van der Waals surface area (Å²) in [5, 5.41) is 1.53. The van der Waals surface area contributed by atoms with Crippen molar-refractivity contribution < 1.29 is 0 Å². The number of nitrogens with zero attached hydrogens (tertiary/aromatic N) is 2. The molecule has 1 aliphatic rings. The largest absolute Gasteiger partial charge is 0.344 e. The van der Waals surface area contributed by atoms with E-state index in [4.69, 9.17) is 0 Å². The molecule has 132 valence electrons. The molecule has 0 bridgehead atoms. The van der Waals surface area contributed by atoms with Gasteiger partial charge in [0.15, 0.2) is 0 Å². The Hall–Kier alpha value is -1.28. The monoisotopic (exact) mass is 326 g/mol. The first kappa shape index (κ1) is 17.5. The number of para-hydroxylation sites is 1. The van der Waals surface area contributed by atoms with Crippen molar-refractivity contribution in [1.29, 1.82) is 0 Å². The first-order valence-electron chi connectivity index (χ1n) is 9.95. The highest BCUT2D eigenvalue weighted by Gasteiger charge is 2.26. The summed E-state index contributed by atoms with van der Waals surface area (Å²) in [6, 6.07) is 7.66. The third-order valence-corrected chi connectivity index (χ3v) is 5.89. The lowest BCUT2D eigenvalue weighted by molar-refractivity contribution is 0.266. The summed E-state index contributed by atoms with van der Waals surface area (Å²) in [5.41, 5.74) is 6.35. The lowest BCUT2D eigenvalue weighted by Crippen LogP contribution is -2.33. The van der Waals surface area contributed by atoms with Gasteiger partial charge in [-0.2, -0.15) is 0 Å². The highest BCUT2D eigenvalue weighted by atomic mass is 15.1. The minimum atomic E-state index is 0.696. The molecule has 0 saturated heterocycles. The Labute approximate surface area is 147 Å². The molecule has 0 amide bonds. The fraction of sp³-hybridized carbons (Fsp3) is 0.636. The molecule has 1 atom stereocenters. The van der Waals surface area contributed by atoms with Gasteiger partial charge in [0.05, 0.1) is 5.52 Å². The summed E-state index contributed by atoms with van der Waals surface area (Å²) in [7, 11) is 4.47.